The van der Waals surface area contributed by atoms with Crippen LogP contribution in [-0.2, 0) is 11.2 Å². The largest absolute Gasteiger partial charge is 0.490 e. The molecular weight excluding hydrogens is 204 g/mol. The summed E-state index contributed by atoms with van der Waals surface area (Å²) in [6, 6.07) is 3.88. The second-order valence-corrected chi connectivity index (χ2v) is 4.31. The van der Waals surface area contributed by atoms with Crippen LogP contribution in [0, 0.1) is 13.8 Å². The second-order valence-electron chi connectivity index (χ2n) is 4.31. The first-order chi connectivity index (χ1) is 7.40. The molecule has 3 heteroatoms. The Morgan fingerprint density at radius 2 is 2.00 bits per heavy atom. The minimum Gasteiger partial charge on any atom is -0.490 e. The summed E-state index contributed by atoms with van der Waals surface area (Å²) < 4.78 is 5.67. The summed E-state index contributed by atoms with van der Waals surface area (Å²) in [5.41, 5.74) is 2.80. The van der Waals surface area contributed by atoms with Crippen molar-refractivity contribution in [2.24, 2.45) is 0 Å². The molecule has 0 aromatic heterocycles. The van der Waals surface area contributed by atoms with E-state index in [0.717, 1.165) is 16.7 Å². The van der Waals surface area contributed by atoms with Crippen molar-refractivity contribution in [2.45, 2.75) is 40.2 Å². The third-order valence-corrected chi connectivity index (χ3v) is 2.19. The maximum absolute atomic E-state index is 10.8. The van der Waals surface area contributed by atoms with Gasteiger partial charge >= 0.3 is 5.97 Å². The van der Waals surface area contributed by atoms with Gasteiger partial charge in [-0.25, -0.2) is 0 Å². The van der Waals surface area contributed by atoms with Gasteiger partial charge in [0.05, 0.1) is 12.5 Å². The normalized spacial score (nSPS) is 10.6. The quantitative estimate of drug-likeness (QED) is 0.852. The number of carboxylic acid groups (broad SMARTS) is 1. The Bertz CT molecular complexity index is 394. The third-order valence-electron chi connectivity index (χ3n) is 2.19. The lowest BCUT2D eigenvalue weighted by molar-refractivity contribution is -0.136. The summed E-state index contributed by atoms with van der Waals surface area (Å²) >= 11 is 0. The summed E-state index contributed by atoms with van der Waals surface area (Å²) in [5.74, 6) is -0.124. The monoisotopic (exact) mass is 222 g/mol. The van der Waals surface area contributed by atoms with E-state index in [2.05, 4.69) is 0 Å². The van der Waals surface area contributed by atoms with Crippen molar-refractivity contribution in [3.05, 3.63) is 28.8 Å². The number of carboxylic acids is 1. The van der Waals surface area contributed by atoms with Gasteiger partial charge in [0.1, 0.15) is 5.75 Å². The van der Waals surface area contributed by atoms with Gasteiger partial charge in [-0.2, -0.15) is 0 Å². The zero-order chi connectivity index (χ0) is 12.3. The van der Waals surface area contributed by atoms with Crippen molar-refractivity contribution in [1.82, 2.24) is 0 Å². The standard InChI is InChI=1S/C13H18O3/c1-8(2)16-13-10(4)5-9(3)6-11(13)7-12(14)15/h5-6,8H,7H2,1-4H3,(H,14,15). The van der Waals surface area contributed by atoms with Gasteiger partial charge in [0.15, 0.2) is 0 Å². The van der Waals surface area contributed by atoms with Crippen LogP contribution < -0.4 is 4.74 Å². The lowest BCUT2D eigenvalue weighted by atomic mass is 10.0. The van der Waals surface area contributed by atoms with E-state index >= 15 is 0 Å². The highest BCUT2D eigenvalue weighted by atomic mass is 16.5. The number of aryl methyl sites for hydroxylation is 2. The minimum atomic E-state index is -0.835. The number of benzene rings is 1. The molecule has 0 aliphatic carbocycles. The molecule has 1 aromatic rings. The van der Waals surface area contributed by atoms with Gasteiger partial charge in [0.2, 0.25) is 0 Å². The van der Waals surface area contributed by atoms with E-state index < -0.39 is 5.97 Å². The number of carbonyl (C=O) groups is 1. The molecule has 1 rings (SSSR count). The molecule has 88 valence electrons. The maximum Gasteiger partial charge on any atom is 0.307 e. The smallest absolute Gasteiger partial charge is 0.307 e. The first-order valence-corrected chi connectivity index (χ1v) is 5.38. The van der Waals surface area contributed by atoms with Gasteiger partial charge in [-0.1, -0.05) is 17.7 Å². The van der Waals surface area contributed by atoms with E-state index in [0.29, 0.717) is 5.75 Å². The van der Waals surface area contributed by atoms with Crippen molar-refractivity contribution in [3.63, 3.8) is 0 Å². The summed E-state index contributed by atoms with van der Waals surface area (Å²) in [7, 11) is 0. The molecule has 0 aliphatic rings. The number of hydrogen-bond acceptors (Lipinski definition) is 2. The van der Waals surface area contributed by atoms with Gasteiger partial charge in [0, 0.05) is 5.56 Å². The van der Waals surface area contributed by atoms with Crippen LogP contribution in [0.2, 0.25) is 0 Å². The van der Waals surface area contributed by atoms with E-state index in [4.69, 9.17) is 9.84 Å². The Morgan fingerprint density at radius 3 is 2.50 bits per heavy atom. The lowest BCUT2D eigenvalue weighted by Crippen LogP contribution is -2.11. The van der Waals surface area contributed by atoms with Gasteiger partial charge in [-0.15, -0.1) is 0 Å². The van der Waals surface area contributed by atoms with Crippen molar-refractivity contribution < 1.29 is 14.6 Å². The van der Waals surface area contributed by atoms with Gasteiger partial charge in [-0.05, 0) is 33.3 Å². The highest BCUT2D eigenvalue weighted by Crippen LogP contribution is 2.26. The molecule has 16 heavy (non-hydrogen) atoms. The zero-order valence-electron chi connectivity index (χ0n) is 10.2. The molecule has 0 bridgehead atoms. The number of aliphatic carboxylic acids is 1. The number of hydrogen-bond donors (Lipinski definition) is 1. The molecule has 0 heterocycles. The van der Waals surface area contributed by atoms with Gasteiger partial charge < -0.3 is 9.84 Å². The highest BCUT2D eigenvalue weighted by Gasteiger charge is 2.12. The van der Waals surface area contributed by atoms with E-state index in [-0.39, 0.29) is 12.5 Å². The fourth-order valence-electron chi connectivity index (χ4n) is 1.74. The van der Waals surface area contributed by atoms with Crippen LogP contribution in [0.15, 0.2) is 12.1 Å². The molecule has 0 saturated carbocycles. The van der Waals surface area contributed by atoms with Gasteiger partial charge in [0.25, 0.3) is 0 Å². The minimum absolute atomic E-state index is 0.00454. The molecule has 1 aromatic carbocycles. The Hall–Kier alpha value is -1.51. The van der Waals surface area contributed by atoms with Gasteiger partial charge in [-0.3, -0.25) is 4.79 Å². The summed E-state index contributed by atoms with van der Waals surface area (Å²) in [5, 5.41) is 8.85. The maximum atomic E-state index is 10.8. The van der Waals surface area contributed by atoms with Crippen LogP contribution in [0.5, 0.6) is 5.75 Å². The Morgan fingerprint density at radius 1 is 1.38 bits per heavy atom. The van der Waals surface area contributed by atoms with E-state index in [1.165, 1.54) is 0 Å². The molecule has 1 N–H and O–H groups in total. The van der Waals surface area contributed by atoms with Crippen LogP contribution >= 0.6 is 0 Å². The van der Waals surface area contributed by atoms with Crippen LogP contribution in [-0.4, -0.2) is 17.2 Å². The van der Waals surface area contributed by atoms with Crippen LogP contribution in [0.3, 0.4) is 0 Å². The average Bonchev–Trinajstić information content (AvgIpc) is 2.09. The molecule has 0 saturated heterocycles. The van der Waals surface area contributed by atoms with Crippen molar-refractivity contribution >= 4 is 5.97 Å². The summed E-state index contributed by atoms with van der Waals surface area (Å²) in [6.45, 7) is 7.77. The molecule has 0 atom stereocenters. The van der Waals surface area contributed by atoms with Crippen LogP contribution in [0.25, 0.3) is 0 Å². The Labute approximate surface area is 96.1 Å². The van der Waals surface area contributed by atoms with Crippen molar-refractivity contribution in [1.29, 1.82) is 0 Å². The molecule has 0 unspecified atom stereocenters. The average molecular weight is 222 g/mol. The zero-order valence-corrected chi connectivity index (χ0v) is 10.2. The molecule has 0 amide bonds. The lowest BCUT2D eigenvalue weighted by Gasteiger charge is -2.16. The van der Waals surface area contributed by atoms with E-state index in [9.17, 15) is 4.79 Å². The molecule has 0 radical (unpaired) electrons. The highest BCUT2D eigenvalue weighted by molar-refractivity contribution is 5.72. The fourth-order valence-corrected chi connectivity index (χ4v) is 1.74. The third kappa shape index (κ3) is 3.26. The molecule has 0 aliphatic heterocycles. The molecule has 0 spiro atoms. The molecular formula is C13H18O3. The molecule has 0 fully saturated rings. The number of rotatable bonds is 4. The predicted molar refractivity (Wildman–Crippen MR) is 63.0 cm³/mol. The first-order valence-electron chi connectivity index (χ1n) is 5.38. The van der Waals surface area contributed by atoms with Crippen molar-refractivity contribution in [2.75, 3.05) is 0 Å². The fraction of sp³-hybridized carbons (Fsp3) is 0.462. The topological polar surface area (TPSA) is 46.5 Å². The van der Waals surface area contributed by atoms with E-state index in [1.807, 2.05) is 39.8 Å². The number of ether oxygens (including phenoxy) is 1. The first kappa shape index (κ1) is 12.6. The van der Waals surface area contributed by atoms with Crippen LogP contribution in [0.1, 0.15) is 30.5 Å². The Kier molecular flexibility index (Phi) is 3.93. The van der Waals surface area contributed by atoms with E-state index in [1.54, 1.807) is 0 Å². The summed E-state index contributed by atoms with van der Waals surface area (Å²) in [4.78, 5) is 10.8. The SMILES string of the molecule is Cc1cc(C)c(OC(C)C)c(CC(=O)O)c1. The van der Waals surface area contributed by atoms with Crippen molar-refractivity contribution in [3.8, 4) is 5.75 Å². The Balaban J connectivity index is 3.15. The molecule has 3 nitrogen and oxygen atoms in total. The second kappa shape index (κ2) is 5.01. The summed E-state index contributed by atoms with van der Waals surface area (Å²) in [6.07, 6.45) is 0.0545. The predicted octanol–water partition coefficient (Wildman–Crippen LogP) is 2.72. The van der Waals surface area contributed by atoms with Crippen LogP contribution in [0.4, 0.5) is 0 Å².